The van der Waals surface area contributed by atoms with Gasteiger partial charge in [-0.05, 0) is 64.3 Å². The summed E-state index contributed by atoms with van der Waals surface area (Å²) in [5.41, 5.74) is 4.26. The minimum absolute atomic E-state index is 0.468. The molecule has 1 saturated heterocycles. The van der Waals surface area contributed by atoms with Crippen LogP contribution in [0.2, 0.25) is 0 Å². The van der Waals surface area contributed by atoms with Crippen LogP contribution in [0.4, 0.5) is 0 Å². The maximum Gasteiger partial charge on any atom is 0.0452 e. The SMILES string of the molecule is CCCNC(CN1CCCC1C)c1cc(C)ccc1C. The molecule has 2 nitrogen and oxygen atoms in total. The van der Waals surface area contributed by atoms with E-state index in [2.05, 4.69) is 56.1 Å². The van der Waals surface area contributed by atoms with E-state index in [4.69, 9.17) is 0 Å². The van der Waals surface area contributed by atoms with Gasteiger partial charge in [-0.3, -0.25) is 4.90 Å². The predicted octanol–water partition coefficient (Wildman–Crippen LogP) is 3.83. The molecular weight excluding hydrogens is 244 g/mol. The van der Waals surface area contributed by atoms with Crippen LogP contribution in [0.15, 0.2) is 18.2 Å². The van der Waals surface area contributed by atoms with E-state index < -0.39 is 0 Å². The molecule has 2 atom stereocenters. The van der Waals surface area contributed by atoms with Crippen LogP contribution < -0.4 is 5.32 Å². The van der Waals surface area contributed by atoms with Crippen LogP contribution in [0.5, 0.6) is 0 Å². The maximum atomic E-state index is 3.76. The normalized spacial score (nSPS) is 21.3. The molecule has 112 valence electrons. The van der Waals surface area contributed by atoms with Crippen molar-refractivity contribution in [2.45, 2.75) is 59.0 Å². The van der Waals surface area contributed by atoms with Crippen LogP contribution in [0.25, 0.3) is 0 Å². The highest BCUT2D eigenvalue weighted by molar-refractivity contribution is 5.33. The average molecular weight is 274 g/mol. The van der Waals surface area contributed by atoms with E-state index in [1.807, 2.05) is 0 Å². The van der Waals surface area contributed by atoms with Gasteiger partial charge in [0.1, 0.15) is 0 Å². The van der Waals surface area contributed by atoms with Crippen molar-refractivity contribution in [2.24, 2.45) is 0 Å². The molecule has 0 bridgehead atoms. The van der Waals surface area contributed by atoms with Crippen LogP contribution in [0.3, 0.4) is 0 Å². The first-order valence-corrected chi connectivity index (χ1v) is 8.16. The van der Waals surface area contributed by atoms with Crippen LogP contribution >= 0.6 is 0 Å². The molecule has 0 spiro atoms. The minimum Gasteiger partial charge on any atom is -0.309 e. The number of aryl methyl sites for hydroxylation is 2. The van der Waals surface area contributed by atoms with E-state index in [-0.39, 0.29) is 0 Å². The van der Waals surface area contributed by atoms with Gasteiger partial charge in [-0.1, -0.05) is 30.7 Å². The van der Waals surface area contributed by atoms with Crippen molar-refractivity contribution in [1.29, 1.82) is 0 Å². The van der Waals surface area contributed by atoms with Crippen molar-refractivity contribution in [3.63, 3.8) is 0 Å². The zero-order chi connectivity index (χ0) is 14.5. The summed E-state index contributed by atoms with van der Waals surface area (Å²) in [4.78, 5) is 2.65. The van der Waals surface area contributed by atoms with Gasteiger partial charge in [0, 0.05) is 18.6 Å². The summed E-state index contributed by atoms with van der Waals surface area (Å²) < 4.78 is 0. The van der Waals surface area contributed by atoms with E-state index >= 15 is 0 Å². The Morgan fingerprint density at radius 2 is 2.15 bits per heavy atom. The number of hydrogen-bond donors (Lipinski definition) is 1. The first kappa shape index (κ1) is 15.5. The lowest BCUT2D eigenvalue weighted by atomic mass is 9.98. The summed E-state index contributed by atoms with van der Waals surface area (Å²) in [5, 5.41) is 3.76. The zero-order valence-electron chi connectivity index (χ0n) is 13.6. The zero-order valence-corrected chi connectivity index (χ0v) is 13.6. The van der Waals surface area contributed by atoms with Crippen molar-refractivity contribution in [3.05, 3.63) is 34.9 Å². The molecule has 0 aliphatic carbocycles. The van der Waals surface area contributed by atoms with Crippen molar-refractivity contribution < 1.29 is 0 Å². The van der Waals surface area contributed by atoms with Gasteiger partial charge in [-0.25, -0.2) is 0 Å². The second-order valence-corrected chi connectivity index (χ2v) is 6.35. The van der Waals surface area contributed by atoms with Gasteiger partial charge in [0.2, 0.25) is 0 Å². The van der Waals surface area contributed by atoms with Crippen molar-refractivity contribution in [1.82, 2.24) is 10.2 Å². The Kier molecular flexibility index (Phi) is 5.62. The van der Waals surface area contributed by atoms with Gasteiger partial charge in [-0.2, -0.15) is 0 Å². The Hall–Kier alpha value is -0.860. The Bertz CT molecular complexity index is 427. The third-order valence-electron chi connectivity index (χ3n) is 4.56. The lowest BCUT2D eigenvalue weighted by Gasteiger charge is -2.29. The molecule has 1 aromatic rings. The highest BCUT2D eigenvalue weighted by Gasteiger charge is 2.24. The average Bonchev–Trinajstić information content (AvgIpc) is 2.83. The van der Waals surface area contributed by atoms with E-state index in [9.17, 15) is 0 Å². The van der Waals surface area contributed by atoms with Gasteiger partial charge >= 0.3 is 0 Å². The monoisotopic (exact) mass is 274 g/mol. The molecule has 1 N–H and O–H groups in total. The summed E-state index contributed by atoms with van der Waals surface area (Å²) in [5.74, 6) is 0. The summed E-state index contributed by atoms with van der Waals surface area (Å²) in [6.45, 7) is 12.5. The topological polar surface area (TPSA) is 15.3 Å². The molecule has 1 fully saturated rings. The number of hydrogen-bond acceptors (Lipinski definition) is 2. The van der Waals surface area contributed by atoms with E-state index in [1.54, 1.807) is 0 Å². The Morgan fingerprint density at radius 1 is 1.35 bits per heavy atom. The second-order valence-electron chi connectivity index (χ2n) is 6.35. The molecule has 0 radical (unpaired) electrons. The third-order valence-corrected chi connectivity index (χ3v) is 4.56. The molecule has 0 saturated carbocycles. The van der Waals surface area contributed by atoms with Crippen LogP contribution in [0.1, 0.15) is 55.8 Å². The number of nitrogens with zero attached hydrogens (tertiary/aromatic N) is 1. The minimum atomic E-state index is 0.468. The number of rotatable bonds is 6. The largest absolute Gasteiger partial charge is 0.309 e. The van der Waals surface area contributed by atoms with E-state index in [1.165, 1.54) is 42.5 Å². The van der Waals surface area contributed by atoms with Gasteiger partial charge in [0.25, 0.3) is 0 Å². The van der Waals surface area contributed by atoms with Crippen molar-refractivity contribution >= 4 is 0 Å². The number of benzene rings is 1. The summed E-state index contributed by atoms with van der Waals surface area (Å²) in [7, 11) is 0. The van der Waals surface area contributed by atoms with Crippen LogP contribution in [-0.4, -0.2) is 30.6 Å². The number of nitrogens with one attached hydrogen (secondary N) is 1. The van der Waals surface area contributed by atoms with Crippen molar-refractivity contribution in [2.75, 3.05) is 19.6 Å². The first-order valence-electron chi connectivity index (χ1n) is 8.16. The Balaban J connectivity index is 2.15. The molecular formula is C18H30N2. The molecule has 1 aromatic carbocycles. The highest BCUT2D eigenvalue weighted by Crippen LogP contribution is 2.24. The number of likely N-dealkylation sites (tertiary alicyclic amines) is 1. The lowest BCUT2D eigenvalue weighted by molar-refractivity contribution is 0.237. The van der Waals surface area contributed by atoms with Crippen LogP contribution in [0, 0.1) is 13.8 Å². The standard InChI is InChI=1S/C18H30N2/c1-5-10-19-18(13-20-11-6-7-16(20)4)17-12-14(2)8-9-15(17)3/h8-9,12,16,18-19H,5-7,10-11,13H2,1-4H3. The van der Waals surface area contributed by atoms with Gasteiger partial charge in [0.05, 0.1) is 0 Å². The molecule has 2 unspecified atom stereocenters. The van der Waals surface area contributed by atoms with E-state index in [0.717, 1.165) is 19.1 Å². The van der Waals surface area contributed by atoms with Gasteiger partial charge < -0.3 is 5.32 Å². The smallest absolute Gasteiger partial charge is 0.0452 e. The lowest BCUT2D eigenvalue weighted by Crippen LogP contribution is -2.37. The first-order chi connectivity index (χ1) is 9.61. The van der Waals surface area contributed by atoms with Crippen LogP contribution in [-0.2, 0) is 0 Å². The van der Waals surface area contributed by atoms with Gasteiger partial charge in [-0.15, -0.1) is 0 Å². The molecule has 1 aliphatic rings. The molecule has 0 aromatic heterocycles. The molecule has 2 rings (SSSR count). The summed E-state index contributed by atoms with van der Waals surface area (Å²) in [6.07, 6.45) is 3.90. The third kappa shape index (κ3) is 3.83. The molecule has 1 heterocycles. The Morgan fingerprint density at radius 3 is 2.80 bits per heavy atom. The predicted molar refractivity (Wildman–Crippen MR) is 87.2 cm³/mol. The van der Waals surface area contributed by atoms with Crippen molar-refractivity contribution in [3.8, 4) is 0 Å². The summed E-state index contributed by atoms with van der Waals surface area (Å²) in [6, 6.07) is 8.05. The second kappa shape index (κ2) is 7.24. The Labute approximate surface area is 124 Å². The van der Waals surface area contributed by atoms with Gasteiger partial charge in [0.15, 0.2) is 0 Å². The molecule has 20 heavy (non-hydrogen) atoms. The fraction of sp³-hybridized carbons (Fsp3) is 0.667. The molecule has 1 aliphatic heterocycles. The highest BCUT2D eigenvalue weighted by atomic mass is 15.2. The molecule has 2 heteroatoms. The molecule has 0 amide bonds. The quantitative estimate of drug-likeness (QED) is 0.848. The maximum absolute atomic E-state index is 3.76. The fourth-order valence-corrected chi connectivity index (χ4v) is 3.23. The summed E-state index contributed by atoms with van der Waals surface area (Å²) >= 11 is 0. The van der Waals surface area contributed by atoms with E-state index in [0.29, 0.717) is 6.04 Å². The fourth-order valence-electron chi connectivity index (χ4n) is 3.23.